The van der Waals surface area contributed by atoms with Crippen LogP contribution in [0.3, 0.4) is 0 Å². The lowest BCUT2D eigenvalue weighted by molar-refractivity contribution is -0.157. The van der Waals surface area contributed by atoms with Crippen molar-refractivity contribution in [3.63, 3.8) is 0 Å². The monoisotopic (exact) mass is 364 g/mol. The summed E-state index contributed by atoms with van der Waals surface area (Å²) in [5.74, 6) is -0.328. The smallest absolute Gasteiger partial charge is 0.356 e. The second kappa shape index (κ2) is 9.36. The molecule has 24 heavy (non-hydrogen) atoms. The number of amides is 1. The number of rotatable bonds is 6. The molecule has 0 spiro atoms. The molecule has 2 N–H and O–H groups in total. The van der Waals surface area contributed by atoms with E-state index in [0.29, 0.717) is 28.8 Å². The fraction of sp³-hybridized carbons (Fsp3) is 0.467. The van der Waals surface area contributed by atoms with Gasteiger partial charge in [0, 0.05) is 25.7 Å². The highest BCUT2D eigenvalue weighted by Gasteiger charge is 2.31. The third kappa shape index (κ3) is 8.05. The number of carbonyl (C=O) groups is 1. The minimum atomic E-state index is -4.41. The van der Waals surface area contributed by atoms with Crippen LogP contribution in [0.25, 0.3) is 0 Å². The Morgan fingerprint density at radius 3 is 2.42 bits per heavy atom. The lowest BCUT2D eigenvalue weighted by Crippen LogP contribution is -2.45. The molecule has 5 nitrogen and oxygen atoms in total. The van der Waals surface area contributed by atoms with E-state index < -0.39 is 18.6 Å². The zero-order valence-electron chi connectivity index (χ0n) is 13.5. The summed E-state index contributed by atoms with van der Waals surface area (Å²) >= 11 is 5.80. The maximum absolute atomic E-state index is 12.2. The topological polar surface area (TPSA) is 56.7 Å². The van der Waals surface area contributed by atoms with Gasteiger partial charge in [0.25, 0.3) is 0 Å². The number of carbonyl (C=O) groups excluding carboxylic acids is 1. The molecule has 0 unspecified atom stereocenters. The van der Waals surface area contributed by atoms with Crippen molar-refractivity contribution in [3.8, 4) is 0 Å². The number of hydrogen-bond donors (Lipinski definition) is 2. The average Bonchev–Trinajstić information content (AvgIpc) is 2.50. The fourth-order valence-electron chi connectivity index (χ4n) is 1.85. The molecule has 0 aromatic heterocycles. The van der Waals surface area contributed by atoms with E-state index in [-0.39, 0.29) is 6.54 Å². The molecule has 0 atom stereocenters. The number of nitrogens with zero attached hydrogens (tertiary/aromatic N) is 2. The molecule has 0 radical (unpaired) electrons. The fourth-order valence-corrected chi connectivity index (χ4v) is 1.97. The number of likely N-dealkylation sites (N-methyl/N-ethyl adjacent to an activating group) is 1. The minimum Gasteiger partial charge on any atom is -0.356 e. The molecule has 1 rings (SSSR count). The number of hydrogen-bond acceptors (Lipinski definition) is 2. The molecule has 0 saturated heterocycles. The number of alkyl halides is 3. The van der Waals surface area contributed by atoms with Gasteiger partial charge in [0.05, 0.1) is 6.54 Å². The molecule has 9 heteroatoms. The summed E-state index contributed by atoms with van der Waals surface area (Å²) in [6.45, 7) is -1.00. The summed E-state index contributed by atoms with van der Waals surface area (Å²) in [7, 11) is 2.62. The van der Waals surface area contributed by atoms with E-state index in [1.807, 2.05) is 12.1 Å². The molecule has 0 aliphatic heterocycles. The molecule has 0 bridgehead atoms. The first kappa shape index (κ1) is 20.1. The Labute approximate surface area is 143 Å². The molecule has 1 amide bonds. The summed E-state index contributed by atoms with van der Waals surface area (Å²) in [6, 6.07) is 7.38. The van der Waals surface area contributed by atoms with Gasteiger partial charge in [-0.3, -0.25) is 9.79 Å². The van der Waals surface area contributed by atoms with Gasteiger partial charge >= 0.3 is 6.18 Å². The van der Waals surface area contributed by atoms with Gasteiger partial charge in [0.1, 0.15) is 6.54 Å². The highest BCUT2D eigenvalue weighted by atomic mass is 35.5. The molecule has 0 aliphatic rings. The third-order valence-electron chi connectivity index (χ3n) is 3.09. The summed E-state index contributed by atoms with van der Waals surface area (Å²) in [4.78, 5) is 16.2. The first-order chi connectivity index (χ1) is 11.2. The average molecular weight is 365 g/mol. The van der Waals surface area contributed by atoms with E-state index in [2.05, 4.69) is 15.6 Å². The minimum absolute atomic E-state index is 0.271. The molecular weight excluding hydrogens is 345 g/mol. The molecule has 1 aromatic rings. The van der Waals surface area contributed by atoms with E-state index >= 15 is 0 Å². The summed E-state index contributed by atoms with van der Waals surface area (Å²) < 4.78 is 36.7. The van der Waals surface area contributed by atoms with Crippen LogP contribution in [0.4, 0.5) is 13.2 Å². The van der Waals surface area contributed by atoms with Crippen LogP contribution in [0.15, 0.2) is 29.3 Å². The lowest BCUT2D eigenvalue weighted by Gasteiger charge is -2.20. The predicted molar refractivity (Wildman–Crippen MR) is 88.2 cm³/mol. The SMILES string of the molecule is CN=C(NCCc1ccc(Cl)cc1)NCC(=O)N(C)CC(F)(F)F. The number of benzene rings is 1. The molecule has 134 valence electrons. The predicted octanol–water partition coefficient (Wildman–Crippen LogP) is 2.07. The molecule has 0 fully saturated rings. The Kier molecular flexibility index (Phi) is 7.84. The first-order valence-corrected chi connectivity index (χ1v) is 7.59. The van der Waals surface area contributed by atoms with Crippen molar-refractivity contribution >= 4 is 23.5 Å². The zero-order chi connectivity index (χ0) is 18.2. The molecule has 1 aromatic carbocycles. The lowest BCUT2D eigenvalue weighted by atomic mass is 10.1. The van der Waals surface area contributed by atoms with Gasteiger partial charge in [-0.2, -0.15) is 13.2 Å². The van der Waals surface area contributed by atoms with Gasteiger partial charge in [0.15, 0.2) is 5.96 Å². The van der Waals surface area contributed by atoms with E-state index in [1.54, 1.807) is 12.1 Å². The second-order valence-electron chi connectivity index (χ2n) is 5.09. The van der Waals surface area contributed by atoms with Gasteiger partial charge in [-0.1, -0.05) is 23.7 Å². The third-order valence-corrected chi connectivity index (χ3v) is 3.34. The summed E-state index contributed by atoms with van der Waals surface area (Å²) in [6.07, 6.45) is -3.71. The second-order valence-corrected chi connectivity index (χ2v) is 5.53. The van der Waals surface area contributed by atoms with Gasteiger partial charge < -0.3 is 15.5 Å². The van der Waals surface area contributed by atoms with Crippen molar-refractivity contribution in [3.05, 3.63) is 34.9 Å². The van der Waals surface area contributed by atoms with Crippen LogP contribution in [0.2, 0.25) is 5.02 Å². The van der Waals surface area contributed by atoms with Gasteiger partial charge in [-0.05, 0) is 24.1 Å². The summed E-state index contributed by atoms with van der Waals surface area (Å²) in [5.41, 5.74) is 1.07. The van der Waals surface area contributed by atoms with E-state index in [4.69, 9.17) is 11.6 Å². The van der Waals surface area contributed by atoms with Crippen molar-refractivity contribution in [1.82, 2.24) is 15.5 Å². The van der Waals surface area contributed by atoms with E-state index in [1.165, 1.54) is 7.05 Å². The van der Waals surface area contributed by atoms with Gasteiger partial charge in [-0.15, -0.1) is 0 Å². The van der Waals surface area contributed by atoms with Crippen molar-refractivity contribution in [2.75, 3.05) is 33.7 Å². The van der Waals surface area contributed by atoms with Crippen molar-refractivity contribution in [2.45, 2.75) is 12.6 Å². The number of nitrogens with one attached hydrogen (secondary N) is 2. The standard InChI is InChI=1S/C15H20ClF3N4O/c1-20-14(21-8-7-11-3-5-12(16)6-4-11)22-9-13(24)23(2)10-15(17,18)19/h3-6H,7-10H2,1-2H3,(H2,20,21,22). The zero-order valence-corrected chi connectivity index (χ0v) is 14.2. The maximum Gasteiger partial charge on any atom is 0.406 e. The van der Waals surface area contributed by atoms with Crippen molar-refractivity contribution in [1.29, 1.82) is 0 Å². The van der Waals surface area contributed by atoms with Crippen molar-refractivity contribution < 1.29 is 18.0 Å². The van der Waals surface area contributed by atoms with Gasteiger partial charge in [0.2, 0.25) is 5.91 Å². The Morgan fingerprint density at radius 2 is 1.88 bits per heavy atom. The number of guanidine groups is 1. The van der Waals surface area contributed by atoms with Crippen LogP contribution >= 0.6 is 11.6 Å². The molecular formula is C15H20ClF3N4O. The van der Waals surface area contributed by atoms with Crippen LogP contribution in [0.5, 0.6) is 0 Å². The normalized spacial score (nSPS) is 12.0. The Hall–Kier alpha value is -1.96. The highest BCUT2D eigenvalue weighted by molar-refractivity contribution is 6.30. The Morgan fingerprint density at radius 1 is 1.25 bits per heavy atom. The van der Waals surface area contributed by atoms with Crippen LogP contribution < -0.4 is 10.6 Å². The highest BCUT2D eigenvalue weighted by Crippen LogP contribution is 2.15. The molecule has 0 aliphatic carbocycles. The Bertz CT molecular complexity index is 561. The first-order valence-electron chi connectivity index (χ1n) is 7.21. The molecule has 0 heterocycles. The summed E-state index contributed by atoms with van der Waals surface area (Å²) in [5, 5.41) is 6.34. The quantitative estimate of drug-likeness (QED) is 0.600. The van der Waals surface area contributed by atoms with Crippen molar-refractivity contribution in [2.24, 2.45) is 4.99 Å². The maximum atomic E-state index is 12.2. The van der Waals surface area contributed by atoms with E-state index in [9.17, 15) is 18.0 Å². The largest absolute Gasteiger partial charge is 0.406 e. The van der Waals surface area contributed by atoms with Crippen LogP contribution in [-0.4, -0.2) is 56.7 Å². The number of halogens is 4. The van der Waals surface area contributed by atoms with Crippen LogP contribution in [0.1, 0.15) is 5.56 Å². The molecule has 0 saturated carbocycles. The Balaban J connectivity index is 2.34. The van der Waals surface area contributed by atoms with Crippen LogP contribution in [-0.2, 0) is 11.2 Å². The van der Waals surface area contributed by atoms with Crippen LogP contribution in [0, 0.1) is 0 Å². The van der Waals surface area contributed by atoms with Gasteiger partial charge in [-0.25, -0.2) is 0 Å². The number of aliphatic imine (C=N–C) groups is 1. The van der Waals surface area contributed by atoms with E-state index in [0.717, 1.165) is 12.6 Å².